The summed E-state index contributed by atoms with van der Waals surface area (Å²) in [6, 6.07) is 0. The summed E-state index contributed by atoms with van der Waals surface area (Å²) >= 11 is 4.97. The number of aliphatic imine (C=N–C) groups is 1. The zero-order valence-corrected chi connectivity index (χ0v) is 8.40. The summed E-state index contributed by atoms with van der Waals surface area (Å²) in [7, 11) is 0. The van der Waals surface area contributed by atoms with Gasteiger partial charge in [0.15, 0.2) is 11.3 Å². The SMILES string of the molecule is CC(C)C1=NC2NC(=S)NC=C2N1. The fourth-order valence-electron chi connectivity index (χ4n) is 1.28. The summed E-state index contributed by atoms with van der Waals surface area (Å²) in [5, 5.41) is 9.87. The van der Waals surface area contributed by atoms with Crippen LogP contribution in [0.3, 0.4) is 0 Å². The molecule has 0 fully saturated rings. The van der Waals surface area contributed by atoms with Gasteiger partial charge in [0.25, 0.3) is 0 Å². The summed E-state index contributed by atoms with van der Waals surface area (Å²) in [6.45, 7) is 4.21. The van der Waals surface area contributed by atoms with E-state index < -0.39 is 0 Å². The molecule has 0 amide bonds. The van der Waals surface area contributed by atoms with E-state index in [0.29, 0.717) is 11.0 Å². The Hall–Kier alpha value is -1.10. The van der Waals surface area contributed by atoms with Crippen LogP contribution in [0, 0.1) is 5.92 Å². The summed E-state index contributed by atoms with van der Waals surface area (Å²) < 4.78 is 0. The standard InChI is InChI=1S/C8H12N4S/c1-4(2)6-10-5-3-9-8(13)12-7(5)11-6/h3-4,7H,1-2H3,(H,10,11)(H2,9,12,13). The maximum Gasteiger partial charge on any atom is 0.172 e. The molecular weight excluding hydrogens is 184 g/mol. The van der Waals surface area contributed by atoms with Gasteiger partial charge in [0, 0.05) is 12.1 Å². The molecule has 0 bridgehead atoms. The molecule has 0 spiro atoms. The van der Waals surface area contributed by atoms with Gasteiger partial charge in [-0.2, -0.15) is 0 Å². The molecule has 0 aromatic rings. The van der Waals surface area contributed by atoms with Crippen molar-refractivity contribution >= 4 is 23.2 Å². The predicted molar refractivity (Wildman–Crippen MR) is 56.1 cm³/mol. The third kappa shape index (κ3) is 1.51. The van der Waals surface area contributed by atoms with Crippen molar-refractivity contribution in [3.05, 3.63) is 11.9 Å². The van der Waals surface area contributed by atoms with Gasteiger partial charge in [0.1, 0.15) is 5.84 Å². The molecule has 2 rings (SSSR count). The van der Waals surface area contributed by atoms with Crippen LogP contribution in [-0.2, 0) is 0 Å². The lowest BCUT2D eigenvalue weighted by molar-refractivity contribution is 0.703. The van der Waals surface area contributed by atoms with E-state index >= 15 is 0 Å². The van der Waals surface area contributed by atoms with Crippen molar-refractivity contribution in [1.29, 1.82) is 0 Å². The van der Waals surface area contributed by atoms with Crippen molar-refractivity contribution in [3.8, 4) is 0 Å². The van der Waals surface area contributed by atoms with Gasteiger partial charge in [-0.1, -0.05) is 13.8 Å². The molecule has 0 saturated heterocycles. The molecular formula is C8H12N4S. The highest BCUT2D eigenvalue weighted by atomic mass is 32.1. The molecule has 5 heteroatoms. The Morgan fingerprint density at radius 2 is 2.31 bits per heavy atom. The van der Waals surface area contributed by atoms with Gasteiger partial charge in [0.2, 0.25) is 0 Å². The Bertz CT molecular complexity index is 305. The molecule has 2 heterocycles. The maximum absolute atomic E-state index is 4.97. The van der Waals surface area contributed by atoms with Crippen molar-refractivity contribution in [1.82, 2.24) is 16.0 Å². The number of rotatable bonds is 1. The first-order valence-electron chi connectivity index (χ1n) is 4.28. The first kappa shape index (κ1) is 8.50. The molecule has 1 unspecified atom stereocenters. The van der Waals surface area contributed by atoms with E-state index in [4.69, 9.17) is 12.2 Å². The summed E-state index contributed by atoms with van der Waals surface area (Å²) in [5.41, 5.74) is 1.04. The fraction of sp³-hybridized carbons (Fsp3) is 0.500. The average Bonchev–Trinajstić information content (AvgIpc) is 2.46. The number of amidine groups is 1. The largest absolute Gasteiger partial charge is 0.343 e. The zero-order chi connectivity index (χ0) is 9.42. The van der Waals surface area contributed by atoms with Crippen LogP contribution < -0.4 is 16.0 Å². The Morgan fingerprint density at radius 3 is 3.00 bits per heavy atom. The van der Waals surface area contributed by atoms with Crippen molar-refractivity contribution in [2.24, 2.45) is 10.9 Å². The Balaban J connectivity index is 2.19. The number of thiocarbonyl (C=S) groups is 1. The highest BCUT2D eigenvalue weighted by Crippen LogP contribution is 2.13. The lowest BCUT2D eigenvalue weighted by Gasteiger charge is -2.19. The maximum atomic E-state index is 4.97. The van der Waals surface area contributed by atoms with Gasteiger partial charge in [-0.05, 0) is 12.2 Å². The smallest absolute Gasteiger partial charge is 0.172 e. The molecule has 2 aliphatic rings. The fourth-order valence-corrected chi connectivity index (χ4v) is 1.46. The van der Waals surface area contributed by atoms with Crippen LogP contribution in [0.2, 0.25) is 0 Å². The van der Waals surface area contributed by atoms with Crippen LogP contribution in [0.1, 0.15) is 13.8 Å². The van der Waals surface area contributed by atoms with Crippen molar-refractivity contribution in [2.75, 3.05) is 0 Å². The van der Waals surface area contributed by atoms with Crippen LogP contribution in [0.4, 0.5) is 0 Å². The second kappa shape index (κ2) is 2.99. The normalized spacial score (nSPS) is 25.5. The molecule has 0 radical (unpaired) electrons. The minimum atomic E-state index is -0.00819. The van der Waals surface area contributed by atoms with E-state index in [-0.39, 0.29) is 6.17 Å². The number of fused-ring (bicyclic) bond motifs is 1. The summed E-state index contributed by atoms with van der Waals surface area (Å²) in [5.74, 6) is 1.43. The lowest BCUT2D eigenvalue weighted by Crippen LogP contribution is -2.45. The Kier molecular flexibility index (Phi) is 1.95. The number of hydrogen-bond donors (Lipinski definition) is 3. The third-order valence-corrected chi connectivity index (χ3v) is 2.24. The van der Waals surface area contributed by atoms with E-state index in [9.17, 15) is 0 Å². The van der Waals surface area contributed by atoms with Gasteiger partial charge < -0.3 is 16.0 Å². The molecule has 4 nitrogen and oxygen atoms in total. The third-order valence-electron chi connectivity index (χ3n) is 2.01. The number of hydrogen-bond acceptors (Lipinski definition) is 3. The molecule has 13 heavy (non-hydrogen) atoms. The molecule has 70 valence electrons. The van der Waals surface area contributed by atoms with Crippen LogP contribution in [0.15, 0.2) is 16.9 Å². The van der Waals surface area contributed by atoms with Gasteiger partial charge >= 0.3 is 0 Å². The Morgan fingerprint density at radius 1 is 1.54 bits per heavy atom. The van der Waals surface area contributed by atoms with Gasteiger partial charge in [-0.3, -0.25) is 0 Å². The van der Waals surface area contributed by atoms with E-state index in [1.54, 1.807) is 0 Å². The number of nitrogens with zero attached hydrogens (tertiary/aromatic N) is 1. The summed E-state index contributed by atoms with van der Waals surface area (Å²) in [6.07, 6.45) is 1.86. The summed E-state index contributed by atoms with van der Waals surface area (Å²) in [4.78, 5) is 4.46. The van der Waals surface area contributed by atoms with E-state index in [0.717, 1.165) is 11.5 Å². The lowest BCUT2D eigenvalue weighted by atomic mass is 10.2. The highest BCUT2D eigenvalue weighted by Gasteiger charge is 2.26. The van der Waals surface area contributed by atoms with Crippen LogP contribution in [-0.4, -0.2) is 17.1 Å². The Labute approximate surface area is 82.5 Å². The quantitative estimate of drug-likeness (QED) is 0.528. The molecule has 0 saturated carbocycles. The number of nitrogens with one attached hydrogen (secondary N) is 3. The molecule has 0 aromatic heterocycles. The predicted octanol–water partition coefficient (Wildman–Crippen LogP) is 0.289. The monoisotopic (exact) mass is 196 g/mol. The second-order valence-electron chi connectivity index (χ2n) is 3.41. The molecule has 1 atom stereocenters. The van der Waals surface area contributed by atoms with E-state index in [1.807, 2.05) is 6.20 Å². The highest BCUT2D eigenvalue weighted by molar-refractivity contribution is 7.80. The van der Waals surface area contributed by atoms with Crippen LogP contribution in [0.5, 0.6) is 0 Å². The first-order chi connectivity index (χ1) is 6.16. The van der Waals surface area contributed by atoms with E-state index in [1.165, 1.54) is 0 Å². The van der Waals surface area contributed by atoms with Gasteiger partial charge in [0.05, 0.1) is 5.70 Å². The minimum absolute atomic E-state index is 0.00819. The zero-order valence-electron chi connectivity index (χ0n) is 7.59. The minimum Gasteiger partial charge on any atom is -0.343 e. The van der Waals surface area contributed by atoms with Crippen molar-refractivity contribution < 1.29 is 0 Å². The van der Waals surface area contributed by atoms with Crippen LogP contribution in [0.25, 0.3) is 0 Å². The molecule has 0 aliphatic carbocycles. The first-order valence-corrected chi connectivity index (χ1v) is 4.69. The average molecular weight is 196 g/mol. The van der Waals surface area contributed by atoms with Crippen LogP contribution >= 0.6 is 12.2 Å². The van der Waals surface area contributed by atoms with Gasteiger partial charge in [-0.15, -0.1) is 0 Å². The molecule has 3 N–H and O–H groups in total. The molecule has 2 aliphatic heterocycles. The van der Waals surface area contributed by atoms with Crippen molar-refractivity contribution in [3.63, 3.8) is 0 Å². The van der Waals surface area contributed by atoms with Crippen molar-refractivity contribution in [2.45, 2.75) is 20.0 Å². The van der Waals surface area contributed by atoms with Gasteiger partial charge in [-0.25, -0.2) is 4.99 Å². The topological polar surface area (TPSA) is 48.5 Å². The molecule has 0 aromatic carbocycles. The second-order valence-corrected chi connectivity index (χ2v) is 3.82. The van der Waals surface area contributed by atoms with E-state index in [2.05, 4.69) is 34.8 Å².